The number of methoxy groups -OCH3 is 1. The first-order valence-corrected chi connectivity index (χ1v) is 16.7. The number of furan rings is 1. The van der Waals surface area contributed by atoms with E-state index >= 15 is 0 Å². The van der Waals surface area contributed by atoms with Gasteiger partial charge in [-0.2, -0.15) is 0 Å². The summed E-state index contributed by atoms with van der Waals surface area (Å²) in [5.41, 5.74) is 1.80. The lowest BCUT2D eigenvalue weighted by Gasteiger charge is -2.34. The molecule has 0 radical (unpaired) electrons. The highest BCUT2D eigenvalue weighted by Crippen LogP contribution is 2.39. The van der Waals surface area contributed by atoms with Gasteiger partial charge in [0.25, 0.3) is 0 Å². The number of thiocarbonyl (C=S) groups is 1. The summed E-state index contributed by atoms with van der Waals surface area (Å²) in [6, 6.07) is 9.91. The van der Waals surface area contributed by atoms with Crippen LogP contribution in [0.2, 0.25) is 0 Å². The third-order valence-electron chi connectivity index (χ3n) is 6.86. The van der Waals surface area contributed by atoms with E-state index < -0.39 is 0 Å². The lowest BCUT2D eigenvalue weighted by atomic mass is 9.72. The molecule has 1 N–H and O–H groups in total. The Morgan fingerprint density at radius 1 is 1.00 bits per heavy atom. The van der Waals surface area contributed by atoms with E-state index in [9.17, 15) is 9.59 Å². The van der Waals surface area contributed by atoms with Gasteiger partial charge in [0.05, 0.1) is 18.4 Å². The van der Waals surface area contributed by atoms with Gasteiger partial charge in [-0.25, -0.2) is 0 Å². The van der Waals surface area contributed by atoms with Crippen LogP contribution in [-0.2, 0) is 11.2 Å². The van der Waals surface area contributed by atoms with Gasteiger partial charge in [0, 0.05) is 25.2 Å². The predicted octanol–water partition coefficient (Wildman–Crippen LogP) is 8.72. The Morgan fingerprint density at radius 2 is 1.60 bits per heavy atom. The first kappa shape index (κ1) is 38.0. The first-order valence-electron chi connectivity index (χ1n) is 14.8. The molecule has 7 heteroatoms. The summed E-state index contributed by atoms with van der Waals surface area (Å²) in [7, 11) is 2.52. The molecule has 0 aliphatic heterocycles. The molecule has 1 heterocycles. The minimum Gasteiger partial charge on any atom is -0.496 e. The van der Waals surface area contributed by atoms with Gasteiger partial charge in [0.2, 0.25) is 0 Å². The van der Waals surface area contributed by atoms with Crippen molar-refractivity contribution < 1.29 is 18.7 Å². The van der Waals surface area contributed by atoms with Crippen LogP contribution in [0.4, 0.5) is 0 Å². The lowest BCUT2D eigenvalue weighted by molar-refractivity contribution is -0.116. The number of ketones is 2. The number of carbonyl (C=O) groups excluding carboxylic acids is 2. The van der Waals surface area contributed by atoms with Crippen LogP contribution >= 0.6 is 20.8 Å². The molecular formula is C33H54NO4PS. The average Bonchev–Trinajstić information content (AvgIpc) is 3.49. The van der Waals surface area contributed by atoms with Gasteiger partial charge in [0.15, 0.2) is 11.5 Å². The van der Waals surface area contributed by atoms with Gasteiger partial charge in [-0.05, 0) is 81.3 Å². The van der Waals surface area contributed by atoms with Crippen molar-refractivity contribution in [1.29, 1.82) is 0 Å². The fourth-order valence-electron chi connectivity index (χ4n) is 4.73. The molecule has 226 valence electrons. The van der Waals surface area contributed by atoms with E-state index in [1.165, 1.54) is 69.0 Å². The molecule has 0 aliphatic rings. The molecule has 40 heavy (non-hydrogen) atoms. The average molecular weight is 592 g/mol. The van der Waals surface area contributed by atoms with E-state index in [-0.39, 0.29) is 11.6 Å². The summed E-state index contributed by atoms with van der Waals surface area (Å²) in [6.07, 6.45) is 13.2. The van der Waals surface area contributed by atoms with Crippen molar-refractivity contribution in [3.8, 4) is 5.75 Å². The molecule has 1 aromatic heterocycles. The summed E-state index contributed by atoms with van der Waals surface area (Å²) in [4.78, 5) is 21.3. The second-order valence-corrected chi connectivity index (χ2v) is 11.8. The molecule has 2 rings (SSSR count). The van der Waals surface area contributed by atoms with E-state index in [1.807, 2.05) is 6.92 Å². The monoisotopic (exact) mass is 591 g/mol. The van der Waals surface area contributed by atoms with Crippen molar-refractivity contribution in [3.63, 3.8) is 0 Å². The van der Waals surface area contributed by atoms with E-state index in [0.29, 0.717) is 17.6 Å². The SMILES string of the molecule is CC(=O)c1ccco1.CCC(C)=O.CCCC(CCC)(CCC)CCC(=S)NCCc1ccc(PC)c(OC)c1. The van der Waals surface area contributed by atoms with Gasteiger partial charge >= 0.3 is 0 Å². The number of Topliss-reactive ketones (excluding diaryl/α,β-unsaturated/α-hetero) is 2. The molecule has 0 amide bonds. The van der Waals surface area contributed by atoms with Gasteiger partial charge < -0.3 is 19.3 Å². The second kappa shape index (κ2) is 22.6. The fraction of sp³-hybridized carbons (Fsp3) is 0.606. The highest BCUT2D eigenvalue weighted by atomic mass is 32.1. The summed E-state index contributed by atoms with van der Waals surface area (Å²) >= 11 is 5.64. The Hall–Kier alpha value is -2.04. The summed E-state index contributed by atoms with van der Waals surface area (Å²) < 4.78 is 10.3. The van der Waals surface area contributed by atoms with Crippen LogP contribution in [0.15, 0.2) is 41.0 Å². The first-order chi connectivity index (χ1) is 19.1. The van der Waals surface area contributed by atoms with Crippen LogP contribution in [0.25, 0.3) is 0 Å². The fourth-order valence-corrected chi connectivity index (χ4v) is 5.61. The predicted molar refractivity (Wildman–Crippen MR) is 177 cm³/mol. The summed E-state index contributed by atoms with van der Waals surface area (Å²) in [6.45, 7) is 14.9. The zero-order chi connectivity index (χ0) is 30.4. The second-order valence-electron chi connectivity index (χ2n) is 10.2. The minimum absolute atomic E-state index is 0.0324. The number of nitrogens with one attached hydrogen (secondary N) is 1. The molecule has 0 aliphatic carbocycles. The molecule has 5 nitrogen and oxygen atoms in total. The van der Waals surface area contributed by atoms with Crippen LogP contribution in [0.1, 0.15) is 115 Å². The highest BCUT2D eigenvalue weighted by Gasteiger charge is 2.27. The number of carbonyl (C=O) groups is 2. The smallest absolute Gasteiger partial charge is 0.194 e. The molecular weight excluding hydrogens is 537 g/mol. The van der Waals surface area contributed by atoms with Crippen molar-refractivity contribution in [1.82, 2.24) is 5.32 Å². The Morgan fingerprint density at radius 3 is 2.00 bits per heavy atom. The van der Waals surface area contributed by atoms with Crippen molar-refractivity contribution in [2.24, 2.45) is 5.41 Å². The Kier molecular flexibility index (Phi) is 21.5. The molecule has 1 atom stereocenters. The summed E-state index contributed by atoms with van der Waals surface area (Å²) in [5.74, 6) is 1.66. The molecule has 2 aromatic rings. The van der Waals surface area contributed by atoms with Crippen LogP contribution in [0.5, 0.6) is 5.75 Å². The molecule has 0 fully saturated rings. The van der Waals surface area contributed by atoms with Gasteiger partial charge in [-0.15, -0.1) is 0 Å². The van der Waals surface area contributed by atoms with Crippen LogP contribution < -0.4 is 15.4 Å². The molecule has 0 saturated heterocycles. The number of benzene rings is 1. The van der Waals surface area contributed by atoms with Crippen LogP contribution in [0, 0.1) is 5.41 Å². The van der Waals surface area contributed by atoms with E-state index in [4.69, 9.17) is 21.4 Å². The minimum atomic E-state index is -0.0324. The van der Waals surface area contributed by atoms with Crippen molar-refractivity contribution in [2.75, 3.05) is 20.3 Å². The Labute approximate surface area is 251 Å². The number of hydrogen-bond acceptors (Lipinski definition) is 5. The quantitative estimate of drug-likeness (QED) is 0.120. The molecule has 1 aromatic carbocycles. The number of rotatable bonds is 16. The molecule has 0 bridgehead atoms. The topological polar surface area (TPSA) is 68.5 Å². The zero-order valence-corrected chi connectivity index (χ0v) is 28.1. The maximum atomic E-state index is 10.4. The maximum Gasteiger partial charge on any atom is 0.194 e. The Balaban J connectivity index is 0.000000952. The van der Waals surface area contributed by atoms with E-state index in [0.717, 1.165) is 38.7 Å². The van der Waals surface area contributed by atoms with Crippen LogP contribution in [-0.4, -0.2) is 36.9 Å². The lowest BCUT2D eigenvalue weighted by Crippen LogP contribution is -2.27. The molecule has 0 saturated carbocycles. The number of hydrogen-bond donors (Lipinski definition) is 1. The molecule has 1 unspecified atom stereocenters. The van der Waals surface area contributed by atoms with Gasteiger partial charge in [-0.3, -0.25) is 4.79 Å². The third kappa shape index (κ3) is 16.3. The normalized spacial score (nSPS) is 10.8. The Bertz CT molecular complexity index is 958. The largest absolute Gasteiger partial charge is 0.496 e. The van der Waals surface area contributed by atoms with Gasteiger partial charge in [0.1, 0.15) is 11.5 Å². The van der Waals surface area contributed by atoms with Crippen molar-refractivity contribution >= 4 is 42.7 Å². The van der Waals surface area contributed by atoms with Crippen molar-refractivity contribution in [3.05, 3.63) is 47.9 Å². The van der Waals surface area contributed by atoms with Crippen molar-refractivity contribution in [2.45, 2.75) is 106 Å². The zero-order valence-electron chi connectivity index (χ0n) is 26.3. The standard InChI is InChI=1S/C23H40NOPS.C6H6O2.C4H8O/c1-6-13-23(14-7-2,15-8-3)16-11-22(27)24-17-12-19-9-10-21(26-5)20(18-19)25-4;1-5(7)6-3-2-4-8-6;1-3-4(2)5/h9-10,18,26H,6-8,11-17H2,1-5H3,(H,24,27);2-4H,1H3;3H2,1-2H3. The summed E-state index contributed by atoms with van der Waals surface area (Å²) in [5, 5.41) is 4.78. The van der Waals surface area contributed by atoms with Gasteiger partial charge in [-0.1, -0.05) is 79.9 Å². The van der Waals surface area contributed by atoms with E-state index in [1.54, 1.807) is 26.2 Å². The van der Waals surface area contributed by atoms with Crippen LogP contribution in [0.3, 0.4) is 0 Å². The highest BCUT2D eigenvalue weighted by molar-refractivity contribution is 7.80. The number of ether oxygens (including phenoxy) is 1. The third-order valence-corrected chi connectivity index (χ3v) is 8.16. The molecule has 0 spiro atoms. The van der Waals surface area contributed by atoms with E-state index in [2.05, 4.69) is 51.0 Å². The maximum absolute atomic E-state index is 10.4.